The molecule has 1 saturated heterocycles. The third kappa shape index (κ3) is 4.96. The van der Waals surface area contributed by atoms with Crippen LogP contribution < -0.4 is 4.74 Å². The van der Waals surface area contributed by atoms with Gasteiger partial charge in [0.15, 0.2) is 0 Å². The van der Waals surface area contributed by atoms with Crippen molar-refractivity contribution in [3.63, 3.8) is 0 Å². The van der Waals surface area contributed by atoms with E-state index in [1.807, 2.05) is 28.9 Å². The molecule has 1 aliphatic heterocycles. The Labute approximate surface area is 176 Å². The zero-order chi connectivity index (χ0) is 20.8. The number of benzene rings is 1. The number of carbonyl (C=O) groups excluding carboxylic acids is 2. The molecular formula is C22H29N3O3S. The summed E-state index contributed by atoms with van der Waals surface area (Å²) in [6, 6.07) is 7.27. The molecule has 29 heavy (non-hydrogen) atoms. The Bertz CT molecular complexity index is 865. The van der Waals surface area contributed by atoms with Gasteiger partial charge < -0.3 is 14.5 Å². The first-order valence-corrected chi connectivity index (χ1v) is 11.0. The minimum atomic E-state index is -0.0485. The monoisotopic (exact) mass is 415 g/mol. The normalized spacial score (nSPS) is 14.6. The number of para-hydroxylation sites is 1. The van der Waals surface area contributed by atoms with Gasteiger partial charge in [0, 0.05) is 26.2 Å². The van der Waals surface area contributed by atoms with E-state index in [2.05, 4.69) is 11.9 Å². The van der Waals surface area contributed by atoms with Gasteiger partial charge in [-0.05, 0) is 38.3 Å². The van der Waals surface area contributed by atoms with Crippen LogP contribution in [0.5, 0.6) is 5.75 Å². The number of amides is 2. The fourth-order valence-electron chi connectivity index (χ4n) is 3.54. The molecule has 2 amide bonds. The first kappa shape index (κ1) is 21.3. The van der Waals surface area contributed by atoms with Crippen LogP contribution in [0.1, 0.15) is 56.9 Å². The van der Waals surface area contributed by atoms with Crippen LogP contribution in [0.3, 0.4) is 0 Å². The molecule has 0 bridgehead atoms. The Balaban J connectivity index is 1.67. The van der Waals surface area contributed by atoms with E-state index in [9.17, 15) is 9.59 Å². The number of hydrogen-bond acceptors (Lipinski definition) is 5. The SMILES string of the molecule is CCCCc1nc(C)c(C(=O)N2CCCN(C(=O)c3ccccc3OC)CC2)s1. The summed E-state index contributed by atoms with van der Waals surface area (Å²) in [5.41, 5.74) is 1.38. The first-order valence-electron chi connectivity index (χ1n) is 10.2. The third-order valence-corrected chi connectivity index (χ3v) is 6.39. The maximum Gasteiger partial charge on any atom is 0.265 e. The van der Waals surface area contributed by atoms with Gasteiger partial charge >= 0.3 is 0 Å². The Kier molecular flexibility index (Phi) is 7.25. The predicted octanol–water partition coefficient (Wildman–Crippen LogP) is 3.79. The summed E-state index contributed by atoms with van der Waals surface area (Å²) in [7, 11) is 1.57. The molecule has 3 rings (SSSR count). The zero-order valence-electron chi connectivity index (χ0n) is 17.4. The molecule has 0 atom stereocenters. The summed E-state index contributed by atoms with van der Waals surface area (Å²) in [4.78, 5) is 35.0. The molecule has 156 valence electrons. The summed E-state index contributed by atoms with van der Waals surface area (Å²) < 4.78 is 5.33. The van der Waals surface area contributed by atoms with E-state index in [1.54, 1.807) is 19.2 Å². The molecule has 1 fully saturated rings. The van der Waals surface area contributed by atoms with E-state index < -0.39 is 0 Å². The van der Waals surface area contributed by atoms with Gasteiger partial charge in [-0.3, -0.25) is 9.59 Å². The number of carbonyl (C=O) groups is 2. The number of unbranched alkanes of at least 4 members (excludes halogenated alkanes) is 1. The molecule has 2 heterocycles. The average Bonchev–Trinajstić information content (AvgIpc) is 2.95. The van der Waals surface area contributed by atoms with Crippen molar-refractivity contribution in [1.82, 2.24) is 14.8 Å². The van der Waals surface area contributed by atoms with Crippen LogP contribution >= 0.6 is 11.3 Å². The molecule has 1 aliphatic rings. The van der Waals surface area contributed by atoms with Gasteiger partial charge in [-0.2, -0.15) is 0 Å². The van der Waals surface area contributed by atoms with Crippen molar-refractivity contribution in [1.29, 1.82) is 0 Å². The fourth-order valence-corrected chi connectivity index (χ4v) is 4.62. The summed E-state index contributed by atoms with van der Waals surface area (Å²) in [6.07, 6.45) is 3.89. The summed E-state index contributed by atoms with van der Waals surface area (Å²) >= 11 is 1.52. The summed E-state index contributed by atoms with van der Waals surface area (Å²) in [6.45, 7) is 6.39. The number of thiazole rings is 1. The maximum absolute atomic E-state index is 13.1. The van der Waals surface area contributed by atoms with E-state index in [1.165, 1.54) is 11.3 Å². The lowest BCUT2D eigenvalue weighted by molar-refractivity contribution is 0.0718. The first-order chi connectivity index (χ1) is 14.0. The van der Waals surface area contributed by atoms with E-state index in [0.29, 0.717) is 37.5 Å². The van der Waals surface area contributed by atoms with Crippen molar-refractivity contribution < 1.29 is 14.3 Å². The Morgan fingerprint density at radius 1 is 1.10 bits per heavy atom. The molecule has 0 unspecified atom stereocenters. The minimum Gasteiger partial charge on any atom is -0.496 e. The van der Waals surface area contributed by atoms with Crippen molar-refractivity contribution in [2.75, 3.05) is 33.3 Å². The molecule has 2 aromatic rings. The van der Waals surface area contributed by atoms with Crippen LogP contribution in [-0.2, 0) is 6.42 Å². The van der Waals surface area contributed by atoms with Crippen LogP contribution in [0.4, 0.5) is 0 Å². The highest BCUT2D eigenvalue weighted by atomic mass is 32.1. The van der Waals surface area contributed by atoms with Gasteiger partial charge in [0.2, 0.25) is 0 Å². The lowest BCUT2D eigenvalue weighted by Crippen LogP contribution is -2.37. The maximum atomic E-state index is 13.1. The average molecular weight is 416 g/mol. The van der Waals surface area contributed by atoms with Crippen LogP contribution in [0, 0.1) is 6.92 Å². The second kappa shape index (κ2) is 9.87. The number of aromatic nitrogens is 1. The predicted molar refractivity (Wildman–Crippen MR) is 115 cm³/mol. The van der Waals surface area contributed by atoms with E-state index in [0.717, 1.165) is 41.3 Å². The topological polar surface area (TPSA) is 62.7 Å². The van der Waals surface area contributed by atoms with Gasteiger partial charge in [0.05, 0.1) is 23.4 Å². The lowest BCUT2D eigenvalue weighted by atomic mass is 10.1. The number of methoxy groups -OCH3 is 1. The molecule has 0 spiro atoms. The minimum absolute atomic E-state index is 0.0364. The Morgan fingerprint density at radius 2 is 1.79 bits per heavy atom. The number of hydrogen-bond donors (Lipinski definition) is 0. The third-order valence-electron chi connectivity index (χ3n) is 5.19. The lowest BCUT2D eigenvalue weighted by Gasteiger charge is -2.22. The molecule has 1 aromatic carbocycles. The highest BCUT2D eigenvalue weighted by Gasteiger charge is 2.27. The summed E-state index contributed by atoms with van der Waals surface area (Å²) in [5, 5.41) is 1.04. The van der Waals surface area contributed by atoms with Gasteiger partial charge in [-0.25, -0.2) is 4.98 Å². The van der Waals surface area contributed by atoms with Crippen LogP contribution in [0.2, 0.25) is 0 Å². The molecule has 7 heteroatoms. The molecule has 6 nitrogen and oxygen atoms in total. The zero-order valence-corrected chi connectivity index (χ0v) is 18.3. The molecule has 1 aromatic heterocycles. The number of nitrogens with zero attached hydrogens (tertiary/aromatic N) is 3. The van der Waals surface area contributed by atoms with Crippen LogP contribution in [0.25, 0.3) is 0 Å². The quantitative estimate of drug-likeness (QED) is 0.720. The Hall–Kier alpha value is -2.41. The second-order valence-electron chi connectivity index (χ2n) is 7.26. The fraction of sp³-hybridized carbons (Fsp3) is 0.500. The number of aryl methyl sites for hydroxylation is 2. The van der Waals surface area contributed by atoms with Gasteiger partial charge in [0.25, 0.3) is 11.8 Å². The Morgan fingerprint density at radius 3 is 2.48 bits per heavy atom. The largest absolute Gasteiger partial charge is 0.496 e. The highest BCUT2D eigenvalue weighted by molar-refractivity contribution is 7.13. The van der Waals surface area contributed by atoms with E-state index >= 15 is 0 Å². The van der Waals surface area contributed by atoms with Crippen molar-refractivity contribution in [3.8, 4) is 5.75 Å². The van der Waals surface area contributed by atoms with E-state index in [-0.39, 0.29) is 11.8 Å². The van der Waals surface area contributed by atoms with E-state index in [4.69, 9.17) is 4.74 Å². The van der Waals surface area contributed by atoms with Crippen molar-refractivity contribution in [2.45, 2.75) is 39.5 Å². The van der Waals surface area contributed by atoms with Crippen molar-refractivity contribution >= 4 is 23.2 Å². The molecular weight excluding hydrogens is 386 g/mol. The molecule has 0 N–H and O–H groups in total. The van der Waals surface area contributed by atoms with Gasteiger partial charge in [-0.15, -0.1) is 11.3 Å². The smallest absolute Gasteiger partial charge is 0.265 e. The molecule has 0 aliphatic carbocycles. The van der Waals surface area contributed by atoms with Crippen LogP contribution in [-0.4, -0.2) is 59.9 Å². The standard InChI is InChI=1S/C22H29N3O3S/c1-4-5-11-19-23-16(2)20(29-19)22(27)25-13-8-12-24(14-15-25)21(26)17-9-6-7-10-18(17)28-3/h6-7,9-10H,4-5,8,11-15H2,1-3H3. The molecule has 0 saturated carbocycles. The van der Waals surface area contributed by atoms with Gasteiger partial charge in [-0.1, -0.05) is 25.5 Å². The van der Waals surface area contributed by atoms with Gasteiger partial charge in [0.1, 0.15) is 10.6 Å². The van der Waals surface area contributed by atoms with Crippen molar-refractivity contribution in [3.05, 3.63) is 45.4 Å². The summed E-state index contributed by atoms with van der Waals surface area (Å²) in [5.74, 6) is 0.566. The highest BCUT2D eigenvalue weighted by Crippen LogP contribution is 2.23. The van der Waals surface area contributed by atoms with Crippen molar-refractivity contribution in [2.24, 2.45) is 0 Å². The second-order valence-corrected chi connectivity index (χ2v) is 8.35. The van der Waals surface area contributed by atoms with Crippen LogP contribution in [0.15, 0.2) is 24.3 Å². The molecule has 0 radical (unpaired) electrons. The number of ether oxygens (including phenoxy) is 1. The number of rotatable bonds is 6.